The number of rotatable bonds is 5. The second-order valence-electron chi connectivity index (χ2n) is 6.30. The van der Waals surface area contributed by atoms with E-state index in [1.165, 1.54) is 25.7 Å². The van der Waals surface area contributed by atoms with E-state index in [0.29, 0.717) is 10.9 Å². The summed E-state index contributed by atoms with van der Waals surface area (Å²) >= 11 is 4.99. The Hall–Kier alpha value is -0.640. The molecule has 4 atom stereocenters. The molecule has 0 aromatic carbocycles. The molecule has 2 fully saturated rings. The Morgan fingerprint density at radius 1 is 1.39 bits per heavy atom. The molecule has 18 heavy (non-hydrogen) atoms. The van der Waals surface area contributed by atoms with Gasteiger partial charge in [0.15, 0.2) is 0 Å². The summed E-state index contributed by atoms with van der Waals surface area (Å²) in [6.45, 7) is 4.79. The van der Waals surface area contributed by atoms with Crippen molar-refractivity contribution in [2.75, 3.05) is 6.54 Å². The maximum atomic E-state index is 12.1. The van der Waals surface area contributed by atoms with Crippen LogP contribution in [0.25, 0.3) is 0 Å². The van der Waals surface area contributed by atoms with Gasteiger partial charge < -0.3 is 11.1 Å². The van der Waals surface area contributed by atoms with Crippen LogP contribution >= 0.6 is 12.2 Å². The lowest BCUT2D eigenvalue weighted by molar-refractivity contribution is -0.124. The highest BCUT2D eigenvalue weighted by atomic mass is 32.1. The van der Waals surface area contributed by atoms with Crippen LogP contribution in [0.4, 0.5) is 0 Å². The number of nitrogens with two attached hydrogens (primary N) is 1. The monoisotopic (exact) mass is 268 g/mol. The molecular formula is C14H24N2OS. The third-order valence-corrected chi connectivity index (χ3v) is 4.93. The van der Waals surface area contributed by atoms with E-state index in [4.69, 9.17) is 18.0 Å². The SMILES string of the molecule is CC(C)C(C(=O)NCC1CC2CCC1C2)C(N)=S. The topological polar surface area (TPSA) is 55.1 Å². The van der Waals surface area contributed by atoms with Crippen molar-refractivity contribution in [2.24, 2.45) is 35.3 Å². The second kappa shape index (κ2) is 5.55. The number of hydrogen-bond donors (Lipinski definition) is 2. The fraction of sp³-hybridized carbons (Fsp3) is 0.857. The highest BCUT2D eigenvalue weighted by molar-refractivity contribution is 7.80. The first-order valence-corrected chi connectivity index (χ1v) is 7.47. The van der Waals surface area contributed by atoms with Crippen molar-refractivity contribution in [3.05, 3.63) is 0 Å². The van der Waals surface area contributed by atoms with Crippen LogP contribution in [0.3, 0.4) is 0 Å². The van der Waals surface area contributed by atoms with Crippen molar-refractivity contribution in [1.29, 1.82) is 0 Å². The van der Waals surface area contributed by atoms with Gasteiger partial charge in [-0.25, -0.2) is 0 Å². The van der Waals surface area contributed by atoms with Crippen molar-refractivity contribution < 1.29 is 4.79 Å². The average molecular weight is 268 g/mol. The zero-order valence-electron chi connectivity index (χ0n) is 11.3. The second-order valence-corrected chi connectivity index (χ2v) is 6.78. The fourth-order valence-corrected chi connectivity index (χ4v) is 4.11. The lowest BCUT2D eigenvalue weighted by atomic mass is 9.88. The van der Waals surface area contributed by atoms with Crippen LogP contribution in [0.2, 0.25) is 0 Å². The zero-order chi connectivity index (χ0) is 13.3. The molecule has 2 rings (SSSR count). The summed E-state index contributed by atoms with van der Waals surface area (Å²) in [6.07, 6.45) is 5.43. The van der Waals surface area contributed by atoms with E-state index >= 15 is 0 Å². The third-order valence-electron chi connectivity index (χ3n) is 4.68. The van der Waals surface area contributed by atoms with E-state index < -0.39 is 0 Å². The highest BCUT2D eigenvalue weighted by Crippen LogP contribution is 2.47. The molecule has 3 nitrogen and oxygen atoms in total. The zero-order valence-corrected chi connectivity index (χ0v) is 12.1. The van der Waals surface area contributed by atoms with Gasteiger partial charge in [0.2, 0.25) is 5.91 Å². The van der Waals surface area contributed by atoms with Crippen LogP contribution < -0.4 is 11.1 Å². The Balaban J connectivity index is 1.82. The van der Waals surface area contributed by atoms with Crippen LogP contribution in [0, 0.1) is 29.6 Å². The van der Waals surface area contributed by atoms with Gasteiger partial charge in [-0.15, -0.1) is 0 Å². The quantitative estimate of drug-likeness (QED) is 0.751. The van der Waals surface area contributed by atoms with Crippen LogP contribution in [-0.2, 0) is 4.79 Å². The molecule has 1 amide bonds. The smallest absolute Gasteiger partial charge is 0.230 e. The number of carbonyl (C=O) groups excluding carboxylic acids is 1. The maximum Gasteiger partial charge on any atom is 0.230 e. The number of carbonyl (C=O) groups is 1. The molecule has 0 aliphatic heterocycles. The molecule has 0 heterocycles. The van der Waals surface area contributed by atoms with Crippen molar-refractivity contribution in [3.8, 4) is 0 Å². The van der Waals surface area contributed by atoms with E-state index in [1.807, 2.05) is 13.8 Å². The van der Waals surface area contributed by atoms with Gasteiger partial charge in [-0.05, 0) is 42.9 Å². The summed E-state index contributed by atoms with van der Waals surface area (Å²) in [4.78, 5) is 12.4. The van der Waals surface area contributed by atoms with Gasteiger partial charge in [0.1, 0.15) is 0 Å². The van der Waals surface area contributed by atoms with Crippen LogP contribution in [0.5, 0.6) is 0 Å². The van der Waals surface area contributed by atoms with Gasteiger partial charge in [-0.1, -0.05) is 32.5 Å². The summed E-state index contributed by atoms with van der Waals surface area (Å²) in [5, 5.41) is 3.07. The molecule has 0 aromatic heterocycles. The van der Waals surface area contributed by atoms with E-state index in [0.717, 1.165) is 18.4 Å². The van der Waals surface area contributed by atoms with Gasteiger partial charge >= 0.3 is 0 Å². The minimum absolute atomic E-state index is 0.0141. The number of fused-ring (bicyclic) bond motifs is 2. The Labute approximate surface area is 115 Å². The Kier molecular flexibility index (Phi) is 4.25. The van der Waals surface area contributed by atoms with E-state index in [9.17, 15) is 4.79 Å². The minimum atomic E-state index is -0.321. The van der Waals surface area contributed by atoms with Crippen molar-refractivity contribution in [3.63, 3.8) is 0 Å². The van der Waals surface area contributed by atoms with Crippen molar-refractivity contribution in [2.45, 2.75) is 39.5 Å². The Morgan fingerprint density at radius 3 is 2.56 bits per heavy atom. The first kappa shape index (κ1) is 13.8. The third kappa shape index (κ3) is 2.85. The van der Waals surface area contributed by atoms with E-state index in [2.05, 4.69) is 5.32 Å². The van der Waals surface area contributed by atoms with Gasteiger partial charge in [0, 0.05) is 6.54 Å². The Bertz CT molecular complexity index is 343. The Morgan fingerprint density at radius 2 is 2.11 bits per heavy atom. The predicted octanol–water partition coefficient (Wildman–Crippen LogP) is 2.10. The molecule has 4 heteroatoms. The molecule has 2 saturated carbocycles. The van der Waals surface area contributed by atoms with Gasteiger partial charge in [0.25, 0.3) is 0 Å². The van der Waals surface area contributed by atoms with Gasteiger partial charge in [-0.2, -0.15) is 0 Å². The molecule has 0 aromatic rings. The minimum Gasteiger partial charge on any atom is -0.393 e. The molecule has 2 aliphatic carbocycles. The molecule has 102 valence electrons. The summed E-state index contributed by atoms with van der Waals surface area (Å²) in [5.41, 5.74) is 5.65. The number of nitrogens with one attached hydrogen (secondary N) is 1. The summed E-state index contributed by atoms with van der Waals surface area (Å²) in [5.74, 6) is 2.32. The highest BCUT2D eigenvalue weighted by Gasteiger charge is 2.39. The first-order chi connectivity index (χ1) is 8.49. The molecular weight excluding hydrogens is 244 g/mol. The molecule has 0 radical (unpaired) electrons. The van der Waals surface area contributed by atoms with Crippen molar-refractivity contribution >= 4 is 23.1 Å². The van der Waals surface area contributed by atoms with Gasteiger partial charge in [-0.3, -0.25) is 4.79 Å². The van der Waals surface area contributed by atoms with Gasteiger partial charge in [0.05, 0.1) is 10.9 Å². The average Bonchev–Trinajstić information content (AvgIpc) is 2.86. The molecule has 0 spiro atoms. The lowest BCUT2D eigenvalue weighted by Gasteiger charge is -2.24. The van der Waals surface area contributed by atoms with Crippen LogP contribution in [0.1, 0.15) is 39.5 Å². The fourth-order valence-electron chi connectivity index (χ4n) is 3.73. The molecule has 0 saturated heterocycles. The lowest BCUT2D eigenvalue weighted by Crippen LogP contribution is -2.42. The molecule has 2 aliphatic rings. The predicted molar refractivity (Wildman–Crippen MR) is 77.1 cm³/mol. The maximum absolute atomic E-state index is 12.1. The summed E-state index contributed by atoms with van der Waals surface area (Å²) in [6, 6.07) is 0. The van der Waals surface area contributed by atoms with Crippen LogP contribution in [0.15, 0.2) is 0 Å². The molecule has 4 unspecified atom stereocenters. The van der Waals surface area contributed by atoms with Crippen LogP contribution in [-0.4, -0.2) is 17.4 Å². The van der Waals surface area contributed by atoms with E-state index in [1.54, 1.807) is 0 Å². The van der Waals surface area contributed by atoms with E-state index in [-0.39, 0.29) is 17.7 Å². The standard InChI is InChI=1S/C14H24N2OS/c1-8(2)12(13(15)18)14(17)16-7-11-6-9-3-4-10(11)5-9/h8-12H,3-7H2,1-2H3,(H2,15,18)(H,16,17). The number of amides is 1. The normalized spacial score (nSPS) is 31.6. The molecule has 2 bridgehead atoms. The number of thiocarbonyl (C=S) groups is 1. The number of hydrogen-bond acceptors (Lipinski definition) is 2. The largest absolute Gasteiger partial charge is 0.393 e. The first-order valence-electron chi connectivity index (χ1n) is 7.06. The summed E-state index contributed by atoms with van der Waals surface area (Å²) < 4.78 is 0. The van der Waals surface area contributed by atoms with Crippen molar-refractivity contribution in [1.82, 2.24) is 5.32 Å². The molecule has 3 N–H and O–H groups in total. The summed E-state index contributed by atoms with van der Waals surface area (Å²) in [7, 11) is 0.